The third-order valence-corrected chi connectivity index (χ3v) is 4.56. The summed E-state index contributed by atoms with van der Waals surface area (Å²) in [6.07, 6.45) is 3.33. The van der Waals surface area contributed by atoms with E-state index in [9.17, 15) is 0 Å². The number of rotatable bonds is 6. The van der Waals surface area contributed by atoms with Gasteiger partial charge in [-0.3, -0.25) is 0 Å². The van der Waals surface area contributed by atoms with Crippen molar-refractivity contribution in [3.63, 3.8) is 0 Å². The Hall–Kier alpha value is -1.01. The largest absolute Gasteiger partial charge is 0.378 e. The van der Waals surface area contributed by atoms with Crippen molar-refractivity contribution in [3.8, 4) is 0 Å². The fourth-order valence-electron chi connectivity index (χ4n) is 2.51. The van der Waals surface area contributed by atoms with Crippen molar-refractivity contribution in [2.24, 2.45) is 5.41 Å². The molecule has 20 heavy (non-hydrogen) atoms. The van der Waals surface area contributed by atoms with E-state index in [1.54, 1.807) is 11.8 Å². The number of aromatic nitrogens is 2. The fraction of sp³-hybridized carbons (Fsp3) is 0.714. The summed E-state index contributed by atoms with van der Waals surface area (Å²) in [4.78, 5) is 8.90. The first-order valence-electron chi connectivity index (χ1n) is 7.00. The van der Waals surface area contributed by atoms with Crippen LogP contribution in [0.4, 0.5) is 11.6 Å². The standard InChI is InChI=1S/C14H24N4OS/c1-6-19-10-7-9(14(10,2)3)16-12-8-11(15-4)17-13(18-12)20-5/h8-10H,6-7H2,1-5H3,(H2,15,16,17,18). The Bertz CT molecular complexity index is 444. The van der Waals surface area contributed by atoms with Crippen molar-refractivity contribution in [2.45, 2.75) is 44.5 Å². The molecule has 2 atom stereocenters. The van der Waals surface area contributed by atoms with Crippen molar-refractivity contribution in [1.29, 1.82) is 0 Å². The minimum atomic E-state index is 0.125. The van der Waals surface area contributed by atoms with Gasteiger partial charge < -0.3 is 15.4 Å². The van der Waals surface area contributed by atoms with Crippen molar-refractivity contribution in [1.82, 2.24) is 9.97 Å². The highest BCUT2D eigenvalue weighted by Crippen LogP contribution is 2.44. The molecule has 2 N–H and O–H groups in total. The van der Waals surface area contributed by atoms with Gasteiger partial charge in [0.25, 0.3) is 0 Å². The van der Waals surface area contributed by atoms with Gasteiger partial charge in [-0.1, -0.05) is 25.6 Å². The van der Waals surface area contributed by atoms with Crippen molar-refractivity contribution >= 4 is 23.4 Å². The Kier molecular flexibility index (Phi) is 4.75. The smallest absolute Gasteiger partial charge is 0.191 e. The summed E-state index contributed by atoms with van der Waals surface area (Å²) < 4.78 is 5.76. The van der Waals surface area contributed by atoms with Gasteiger partial charge >= 0.3 is 0 Å². The third-order valence-electron chi connectivity index (χ3n) is 4.01. The molecule has 0 aliphatic heterocycles. The number of ether oxygens (including phenoxy) is 1. The van der Waals surface area contributed by atoms with E-state index in [4.69, 9.17) is 4.74 Å². The molecule has 1 aromatic heterocycles. The average molecular weight is 296 g/mol. The van der Waals surface area contributed by atoms with Gasteiger partial charge in [-0.15, -0.1) is 0 Å². The first-order valence-corrected chi connectivity index (χ1v) is 8.22. The summed E-state index contributed by atoms with van der Waals surface area (Å²) >= 11 is 1.55. The molecule has 2 rings (SSSR count). The monoisotopic (exact) mass is 296 g/mol. The molecule has 0 amide bonds. The second-order valence-corrected chi connectivity index (χ2v) is 6.35. The van der Waals surface area contributed by atoms with Crippen LogP contribution in [0.3, 0.4) is 0 Å². The van der Waals surface area contributed by atoms with Crippen LogP contribution in [0.1, 0.15) is 27.2 Å². The number of hydrogen-bond acceptors (Lipinski definition) is 6. The Morgan fingerprint density at radius 3 is 2.65 bits per heavy atom. The topological polar surface area (TPSA) is 59.1 Å². The zero-order valence-corrected chi connectivity index (χ0v) is 13.7. The highest BCUT2D eigenvalue weighted by atomic mass is 32.2. The first kappa shape index (κ1) is 15.4. The van der Waals surface area contributed by atoms with Gasteiger partial charge in [-0.25, -0.2) is 9.97 Å². The maximum absolute atomic E-state index is 5.76. The van der Waals surface area contributed by atoms with Crippen molar-refractivity contribution in [2.75, 3.05) is 30.5 Å². The Morgan fingerprint density at radius 2 is 2.10 bits per heavy atom. The molecule has 0 bridgehead atoms. The lowest BCUT2D eigenvalue weighted by atomic mass is 9.64. The maximum Gasteiger partial charge on any atom is 0.191 e. The highest BCUT2D eigenvalue weighted by molar-refractivity contribution is 7.98. The van der Waals surface area contributed by atoms with Crippen LogP contribution >= 0.6 is 11.8 Å². The van der Waals surface area contributed by atoms with Crippen LogP contribution in [0.15, 0.2) is 11.2 Å². The molecule has 5 nitrogen and oxygen atoms in total. The summed E-state index contributed by atoms with van der Waals surface area (Å²) in [5, 5.41) is 7.37. The average Bonchev–Trinajstić information content (AvgIpc) is 2.45. The molecule has 1 heterocycles. The summed E-state index contributed by atoms with van der Waals surface area (Å²) in [5.74, 6) is 1.71. The van der Waals surface area contributed by atoms with Crippen molar-refractivity contribution in [3.05, 3.63) is 6.07 Å². The van der Waals surface area contributed by atoms with Crippen LogP contribution in [0, 0.1) is 5.41 Å². The zero-order valence-electron chi connectivity index (χ0n) is 12.9. The van der Waals surface area contributed by atoms with Crippen LogP contribution in [0.5, 0.6) is 0 Å². The van der Waals surface area contributed by atoms with Gasteiger partial charge in [0.15, 0.2) is 5.16 Å². The van der Waals surface area contributed by atoms with E-state index in [0.29, 0.717) is 12.1 Å². The van der Waals surface area contributed by atoms with Crippen LogP contribution in [0.25, 0.3) is 0 Å². The lowest BCUT2D eigenvalue weighted by molar-refractivity contribution is -0.0976. The Morgan fingerprint density at radius 1 is 1.40 bits per heavy atom. The molecule has 0 spiro atoms. The van der Waals surface area contributed by atoms with Gasteiger partial charge in [0.2, 0.25) is 0 Å². The molecule has 1 fully saturated rings. The molecule has 0 radical (unpaired) electrons. The number of thioether (sulfide) groups is 1. The number of hydrogen-bond donors (Lipinski definition) is 2. The molecule has 112 valence electrons. The molecule has 1 aromatic rings. The van der Waals surface area contributed by atoms with E-state index in [-0.39, 0.29) is 5.41 Å². The number of anilines is 2. The second kappa shape index (κ2) is 6.18. The van der Waals surface area contributed by atoms with Gasteiger partial charge in [-0.05, 0) is 19.6 Å². The molecule has 2 unspecified atom stereocenters. The summed E-state index contributed by atoms with van der Waals surface area (Å²) in [7, 11) is 1.87. The van der Waals surface area contributed by atoms with Gasteiger partial charge in [0.05, 0.1) is 6.10 Å². The van der Waals surface area contributed by atoms with Crippen LogP contribution in [-0.4, -0.2) is 42.0 Å². The maximum atomic E-state index is 5.76. The molecule has 1 saturated carbocycles. The summed E-state index contributed by atoms with van der Waals surface area (Å²) in [5.41, 5.74) is 0.125. The van der Waals surface area contributed by atoms with E-state index >= 15 is 0 Å². The molecular weight excluding hydrogens is 272 g/mol. The minimum Gasteiger partial charge on any atom is -0.378 e. The summed E-state index contributed by atoms with van der Waals surface area (Å²) in [6.45, 7) is 7.30. The van der Waals surface area contributed by atoms with Gasteiger partial charge in [-0.2, -0.15) is 0 Å². The zero-order chi connectivity index (χ0) is 14.8. The highest BCUT2D eigenvalue weighted by Gasteiger charge is 2.49. The molecular formula is C14H24N4OS. The molecule has 6 heteroatoms. The molecule has 1 aliphatic carbocycles. The predicted octanol–water partition coefficient (Wildman–Crippen LogP) is 2.86. The molecule has 0 aromatic carbocycles. The van der Waals surface area contributed by atoms with Crippen LogP contribution in [-0.2, 0) is 4.74 Å². The summed E-state index contributed by atoms with van der Waals surface area (Å²) in [6, 6.07) is 2.33. The normalized spacial score (nSPS) is 24.1. The van der Waals surface area contributed by atoms with E-state index in [2.05, 4.69) is 34.4 Å². The molecule has 0 saturated heterocycles. The van der Waals surface area contributed by atoms with E-state index < -0.39 is 0 Å². The minimum absolute atomic E-state index is 0.125. The molecule has 1 aliphatic rings. The third kappa shape index (κ3) is 3.01. The fourth-order valence-corrected chi connectivity index (χ4v) is 2.89. The predicted molar refractivity (Wildman–Crippen MR) is 84.6 cm³/mol. The van der Waals surface area contributed by atoms with Gasteiger partial charge in [0.1, 0.15) is 11.6 Å². The van der Waals surface area contributed by atoms with E-state index in [0.717, 1.165) is 29.8 Å². The van der Waals surface area contributed by atoms with Gasteiger partial charge in [0, 0.05) is 31.2 Å². The van der Waals surface area contributed by atoms with E-state index in [1.165, 1.54) is 0 Å². The number of nitrogens with one attached hydrogen (secondary N) is 2. The Balaban J connectivity index is 2.07. The number of nitrogens with zero attached hydrogens (tertiary/aromatic N) is 2. The van der Waals surface area contributed by atoms with Crippen LogP contribution < -0.4 is 10.6 Å². The van der Waals surface area contributed by atoms with E-state index in [1.807, 2.05) is 26.3 Å². The lowest BCUT2D eigenvalue weighted by Gasteiger charge is -2.51. The lowest BCUT2D eigenvalue weighted by Crippen LogP contribution is -2.58. The second-order valence-electron chi connectivity index (χ2n) is 5.57. The first-order chi connectivity index (χ1) is 9.51. The van der Waals surface area contributed by atoms with Crippen LogP contribution in [0.2, 0.25) is 0 Å². The quantitative estimate of drug-likeness (QED) is 0.622. The van der Waals surface area contributed by atoms with Crippen molar-refractivity contribution < 1.29 is 4.74 Å². The Labute approximate surface area is 125 Å². The SMILES string of the molecule is CCOC1CC(Nc2cc(NC)nc(SC)n2)C1(C)C.